The van der Waals surface area contributed by atoms with E-state index in [2.05, 4.69) is 15.9 Å². The van der Waals surface area contributed by atoms with Crippen LogP contribution < -0.4 is 0 Å². The fourth-order valence-electron chi connectivity index (χ4n) is 1.92. The predicted molar refractivity (Wildman–Crippen MR) is 65.4 cm³/mol. The molecule has 1 aromatic carbocycles. The standard InChI is InChI=1S/C12H13BrFNO2/c1-17-9-4-5-15(7-9)12(16)8-2-3-11(14)10(13)6-8/h2-3,6,9H,4-5,7H2,1H3. The number of benzene rings is 1. The normalized spacial score (nSPS) is 19.7. The molecular formula is C12H13BrFNO2. The number of likely N-dealkylation sites (tertiary alicyclic amines) is 1. The van der Waals surface area contributed by atoms with Crippen molar-refractivity contribution in [3.63, 3.8) is 0 Å². The van der Waals surface area contributed by atoms with Crippen LogP contribution in [0.5, 0.6) is 0 Å². The zero-order chi connectivity index (χ0) is 12.4. The maximum absolute atomic E-state index is 13.1. The van der Waals surface area contributed by atoms with Gasteiger partial charge >= 0.3 is 0 Å². The lowest BCUT2D eigenvalue weighted by molar-refractivity contribution is 0.0724. The molecule has 1 atom stereocenters. The van der Waals surface area contributed by atoms with Gasteiger partial charge in [-0.1, -0.05) is 0 Å². The van der Waals surface area contributed by atoms with E-state index in [1.54, 1.807) is 12.0 Å². The number of methoxy groups -OCH3 is 1. The van der Waals surface area contributed by atoms with Crippen molar-refractivity contribution in [2.75, 3.05) is 20.2 Å². The van der Waals surface area contributed by atoms with E-state index < -0.39 is 0 Å². The molecule has 0 bridgehead atoms. The van der Waals surface area contributed by atoms with E-state index in [1.807, 2.05) is 0 Å². The molecule has 1 unspecified atom stereocenters. The van der Waals surface area contributed by atoms with Gasteiger partial charge in [0.15, 0.2) is 0 Å². The van der Waals surface area contributed by atoms with Gasteiger partial charge in [-0.2, -0.15) is 0 Å². The van der Waals surface area contributed by atoms with E-state index in [-0.39, 0.29) is 17.8 Å². The molecule has 1 saturated heterocycles. The minimum absolute atomic E-state index is 0.0785. The van der Waals surface area contributed by atoms with Crippen LogP contribution in [0.15, 0.2) is 22.7 Å². The highest BCUT2D eigenvalue weighted by Crippen LogP contribution is 2.20. The van der Waals surface area contributed by atoms with Crippen molar-refractivity contribution >= 4 is 21.8 Å². The molecule has 1 fully saturated rings. The Labute approximate surface area is 108 Å². The monoisotopic (exact) mass is 301 g/mol. The first-order valence-electron chi connectivity index (χ1n) is 5.39. The quantitative estimate of drug-likeness (QED) is 0.840. The second kappa shape index (κ2) is 5.14. The highest BCUT2D eigenvalue weighted by Gasteiger charge is 2.26. The maximum atomic E-state index is 13.1. The minimum atomic E-state index is -0.363. The van der Waals surface area contributed by atoms with E-state index in [9.17, 15) is 9.18 Å². The van der Waals surface area contributed by atoms with Crippen molar-refractivity contribution in [1.29, 1.82) is 0 Å². The largest absolute Gasteiger partial charge is 0.380 e. The van der Waals surface area contributed by atoms with Crippen molar-refractivity contribution in [1.82, 2.24) is 4.90 Å². The Morgan fingerprint density at radius 2 is 2.35 bits per heavy atom. The van der Waals surface area contributed by atoms with E-state index in [1.165, 1.54) is 18.2 Å². The van der Waals surface area contributed by atoms with E-state index in [4.69, 9.17) is 4.74 Å². The van der Waals surface area contributed by atoms with Gasteiger partial charge in [-0.25, -0.2) is 4.39 Å². The molecule has 0 radical (unpaired) electrons. The lowest BCUT2D eigenvalue weighted by atomic mass is 10.2. The van der Waals surface area contributed by atoms with Gasteiger partial charge in [-0.3, -0.25) is 4.79 Å². The van der Waals surface area contributed by atoms with Gasteiger partial charge in [0.25, 0.3) is 5.91 Å². The van der Waals surface area contributed by atoms with Crippen molar-refractivity contribution in [3.05, 3.63) is 34.1 Å². The smallest absolute Gasteiger partial charge is 0.253 e. The van der Waals surface area contributed by atoms with Crippen LogP contribution in [-0.4, -0.2) is 37.1 Å². The lowest BCUT2D eigenvalue weighted by Crippen LogP contribution is -2.29. The minimum Gasteiger partial charge on any atom is -0.380 e. The molecule has 5 heteroatoms. The number of nitrogens with zero attached hydrogens (tertiary/aromatic N) is 1. The van der Waals surface area contributed by atoms with E-state index in [0.29, 0.717) is 23.1 Å². The second-order valence-corrected chi connectivity index (χ2v) is 4.88. The Balaban J connectivity index is 2.12. The van der Waals surface area contributed by atoms with Gasteiger partial charge in [-0.05, 0) is 40.5 Å². The number of hydrogen-bond acceptors (Lipinski definition) is 2. The summed E-state index contributed by atoms with van der Waals surface area (Å²) in [6, 6.07) is 4.31. The summed E-state index contributed by atoms with van der Waals surface area (Å²) in [6.07, 6.45) is 0.966. The Hall–Kier alpha value is -0.940. The van der Waals surface area contributed by atoms with Crippen LogP contribution in [-0.2, 0) is 4.74 Å². The van der Waals surface area contributed by atoms with Crippen LogP contribution in [0.2, 0.25) is 0 Å². The molecule has 0 aliphatic carbocycles. The molecule has 0 N–H and O–H groups in total. The predicted octanol–water partition coefficient (Wildman–Crippen LogP) is 2.45. The van der Waals surface area contributed by atoms with Crippen LogP contribution in [0.3, 0.4) is 0 Å². The Morgan fingerprint density at radius 3 is 2.94 bits per heavy atom. The van der Waals surface area contributed by atoms with Gasteiger partial charge < -0.3 is 9.64 Å². The summed E-state index contributed by atoms with van der Waals surface area (Å²) in [5, 5.41) is 0. The van der Waals surface area contributed by atoms with Crippen LogP contribution in [0.4, 0.5) is 4.39 Å². The molecule has 0 saturated carbocycles. The van der Waals surface area contributed by atoms with Crippen LogP contribution in [0.1, 0.15) is 16.8 Å². The topological polar surface area (TPSA) is 29.5 Å². The highest BCUT2D eigenvalue weighted by molar-refractivity contribution is 9.10. The average Bonchev–Trinajstić information content (AvgIpc) is 2.80. The molecule has 1 aromatic rings. The van der Waals surface area contributed by atoms with Gasteiger partial charge in [0.1, 0.15) is 5.82 Å². The van der Waals surface area contributed by atoms with Gasteiger partial charge in [0.05, 0.1) is 10.6 Å². The Morgan fingerprint density at radius 1 is 1.59 bits per heavy atom. The number of carbonyl (C=O) groups is 1. The van der Waals surface area contributed by atoms with Gasteiger partial charge in [0.2, 0.25) is 0 Å². The van der Waals surface area contributed by atoms with Gasteiger partial charge in [0, 0.05) is 25.8 Å². The van der Waals surface area contributed by atoms with Crippen LogP contribution in [0, 0.1) is 5.82 Å². The molecular weight excluding hydrogens is 289 g/mol. The first-order chi connectivity index (χ1) is 8.11. The third kappa shape index (κ3) is 2.66. The zero-order valence-electron chi connectivity index (χ0n) is 9.45. The Kier molecular flexibility index (Phi) is 3.79. The average molecular weight is 302 g/mol. The summed E-state index contributed by atoms with van der Waals surface area (Å²) >= 11 is 3.08. The first-order valence-corrected chi connectivity index (χ1v) is 6.18. The molecule has 1 amide bonds. The summed E-state index contributed by atoms with van der Waals surface area (Å²) < 4.78 is 18.6. The lowest BCUT2D eigenvalue weighted by Gasteiger charge is -2.16. The highest BCUT2D eigenvalue weighted by atomic mass is 79.9. The molecule has 17 heavy (non-hydrogen) atoms. The molecule has 3 nitrogen and oxygen atoms in total. The van der Waals surface area contributed by atoms with Gasteiger partial charge in [-0.15, -0.1) is 0 Å². The summed E-state index contributed by atoms with van der Waals surface area (Å²) in [5.41, 5.74) is 0.495. The maximum Gasteiger partial charge on any atom is 0.253 e. The fraction of sp³-hybridized carbons (Fsp3) is 0.417. The SMILES string of the molecule is COC1CCN(C(=O)c2ccc(F)c(Br)c2)C1. The van der Waals surface area contributed by atoms with E-state index >= 15 is 0 Å². The Bertz CT molecular complexity index is 439. The molecule has 0 spiro atoms. The van der Waals surface area contributed by atoms with Crippen LogP contribution >= 0.6 is 15.9 Å². The van der Waals surface area contributed by atoms with Crippen molar-refractivity contribution in [2.24, 2.45) is 0 Å². The number of ether oxygens (including phenoxy) is 1. The zero-order valence-corrected chi connectivity index (χ0v) is 11.0. The first kappa shape index (κ1) is 12.5. The molecule has 1 heterocycles. The molecule has 0 aromatic heterocycles. The number of hydrogen-bond donors (Lipinski definition) is 0. The third-order valence-corrected chi connectivity index (χ3v) is 3.54. The van der Waals surface area contributed by atoms with Crippen molar-refractivity contribution in [3.8, 4) is 0 Å². The molecule has 92 valence electrons. The molecule has 1 aliphatic heterocycles. The molecule has 1 aliphatic rings. The number of carbonyl (C=O) groups excluding carboxylic acids is 1. The summed E-state index contributed by atoms with van der Waals surface area (Å²) in [7, 11) is 1.65. The summed E-state index contributed by atoms with van der Waals surface area (Å²) in [4.78, 5) is 13.8. The number of halogens is 2. The summed E-state index contributed by atoms with van der Waals surface area (Å²) in [5.74, 6) is -0.442. The number of rotatable bonds is 2. The van der Waals surface area contributed by atoms with Crippen molar-refractivity contribution < 1.29 is 13.9 Å². The van der Waals surface area contributed by atoms with Crippen LogP contribution in [0.25, 0.3) is 0 Å². The van der Waals surface area contributed by atoms with Crippen molar-refractivity contribution in [2.45, 2.75) is 12.5 Å². The summed E-state index contributed by atoms with van der Waals surface area (Å²) in [6.45, 7) is 1.29. The fourth-order valence-corrected chi connectivity index (χ4v) is 2.30. The van der Waals surface area contributed by atoms with E-state index in [0.717, 1.165) is 6.42 Å². The molecule has 2 rings (SSSR count). The number of amides is 1. The second-order valence-electron chi connectivity index (χ2n) is 4.03. The third-order valence-electron chi connectivity index (χ3n) is 2.93.